The molecule has 2 aliphatic rings. The Kier molecular flexibility index (Phi) is 5.50. The highest BCUT2D eigenvalue weighted by molar-refractivity contribution is 8.27. The number of rotatable bonds is 5. The number of nitrogens with zero attached hydrogens (tertiary/aromatic N) is 3. The molecule has 0 bridgehead atoms. The molecule has 0 saturated carbocycles. The molecule has 8 heteroatoms. The molecule has 2 aromatic rings. The zero-order valence-corrected chi connectivity index (χ0v) is 17.2. The molecule has 0 fully saturated rings. The Labute approximate surface area is 177 Å². The summed E-state index contributed by atoms with van der Waals surface area (Å²) in [5.41, 5.74) is 1.37. The van der Waals surface area contributed by atoms with Crippen molar-refractivity contribution < 1.29 is 13.9 Å². The molecule has 0 atom stereocenters. The van der Waals surface area contributed by atoms with E-state index >= 15 is 0 Å². The zero-order chi connectivity index (χ0) is 21.3. The first-order chi connectivity index (χ1) is 14.4. The van der Waals surface area contributed by atoms with Crippen LogP contribution in [0.4, 0.5) is 4.39 Å². The summed E-state index contributed by atoms with van der Waals surface area (Å²) in [4.78, 5) is 16.5. The number of ether oxygens (including phenoxy) is 1. The van der Waals surface area contributed by atoms with Crippen LogP contribution in [0, 0.1) is 17.1 Å². The predicted molar refractivity (Wildman–Crippen MR) is 117 cm³/mol. The first-order valence-corrected chi connectivity index (χ1v) is 10.2. The van der Waals surface area contributed by atoms with Crippen LogP contribution >= 0.6 is 11.8 Å². The Morgan fingerprint density at radius 2 is 1.93 bits per heavy atom. The Hall–Kier alpha value is -3.26. The number of hydrogen-bond acceptors (Lipinski definition) is 5. The van der Waals surface area contributed by atoms with Gasteiger partial charge in [0.15, 0.2) is 5.84 Å². The molecule has 152 valence electrons. The summed E-state index contributed by atoms with van der Waals surface area (Å²) in [6.07, 6.45) is 1.61. The standard InChI is InChI=1S/C22H19FN4O2S/c1-13(2)21-26-27-19(24)17(20(28)25-22(27)30-21)11-14-7-9-16(10-8-14)29-12-15-5-3-4-6-18(15)23/h3-11,13,24H,12H2,1-2H3/b17-11-,24-19?. The summed E-state index contributed by atoms with van der Waals surface area (Å²) in [5.74, 6) is 0.00624. The molecule has 4 rings (SSSR count). The number of thioether (sulfide) groups is 1. The molecule has 0 radical (unpaired) electrons. The van der Waals surface area contributed by atoms with Gasteiger partial charge in [-0.3, -0.25) is 10.2 Å². The van der Waals surface area contributed by atoms with E-state index in [4.69, 9.17) is 10.1 Å². The minimum absolute atomic E-state index is 0.00743. The molecular weight excluding hydrogens is 403 g/mol. The first-order valence-electron chi connectivity index (χ1n) is 9.39. The average molecular weight is 422 g/mol. The van der Waals surface area contributed by atoms with Crippen molar-refractivity contribution in [1.82, 2.24) is 5.01 Å². The normalized spacial score (nSPS) is 17.3. The molecule has 1 amide bonds. The second-order valence-electron chi connectivity index (χ2n) is 7.06. The van der Waals surface area contributed by atoms with Crippen molar-refractivity contribution in [3.63, 3.8) is 0 Å². The van der Waals surface area contributed by atoms with E-state index < -0.39 is 5.91 Å². The topological polar surface area (TPSA) is 78.1 Å². The number of benzene rings is 2. The lowest BCUT2D eigenvalue weighted by molar-refractivity contribution is -0.114. The molecule has 0 aromatic heterocycles. The van der Waals surface area contributed by atoms with Gasteiger partial charge in [0, 0.05) is 11.5 Å². The number of carbonyl (C=O) groups is 1. The third-order valence-corrected chi connectivity index (χ3v) is 5.72. The molecular formula is C22H19FN4O2S. The Bertz CT molecular complexity index is 1110. The van der Waals surface area contributed by atoms with Gasteiger partial charge in [-0.2, -0.15) is 15.1 Å². The summed E-state index contributed by atoms with van der Waals surface area (Å²) < 4.78 is 19.3. The van der Waals surface area contributed by atoms with Gasteiger partial charge < -0.3 is 4.74 Å². The molecule has 1 N–H and O–H groups in total. The second-order valence-corrected chi connectivity index (χ2v) is 8.05. The molecule has 0 spiro atoms. The van der Waals surface area contributed by atoms with Crippen LogP contribution in [0.5, 0.6) is 5.75 Å². The monoisotopic (exact) mass is 422 g/mol. The van der Waals surface area contributed by atoms with Gasteiger partial charge in [0.05, 0.1) is 5.57 Å². The van der Waals surface area contributed by atoms with E-state index in [0.717, 1.165) is 10.6 Å². The molecule has 0 aliphatic carbocycles. The highest BCUT2D eigenvalue weighted by Gasteiger charge is 2.36. The van der Waals surface area contributed by atoms with Crippen LogP contribution in [-0.4, -0.2) is 27.0 Å². The molecule has 2 aromatic carbocycles. The molecule has 0 saturated heterocycles. The van der Waals surface area contributed by atoms with Crippen LogP contribution in [-0.2, 0) is 11.4 Å². The van der Waals surface area contributed by atoms with Gasteiger partial charge in [0.25, 0.3) is 5.91 Å². The number of hydrogen-bond donors (Lipinski definition) is 1. The van der Waals surface area contributed by atoms with E-state index in [0.29, 0.717) is 16.5 Å². The molecule has 2 aliphatic heterocycles. The molecule has 6 nitrogen and oxygen atoms in total. The van der Waals surface area contributed by atoms with Crippen molar-refractivity contribution >= 4 is 39.8 Å². The highest BCUT2D eigenvalue weighted by atomic mass is 32.2. The van der Waals surface area contributed by atoms with Crippen LogP contribution in [0.2, 0.25) is 0 Å². The van der Waals surface area contributed by atoms with Crippen LogP contribution < -0.4 is 4.74 Å². The minimum Gasteiger partial charge on any atom is -0.489 e. The van der Waals surface area contributed by atoms with Crippen LogP contribution in [0.1, 0.15) is 25.0 Å². The van der Waals surface area contributed by atoms with Crippen molar-refractivity contribution in [2.24, 2.45) is 16.0 Å². The third kappa shape index (κ3) is 4.04. The number of nitrogens with one attached hydrogen (secondary N) is 1. The van der Waals surface area contributed by atoms with Crippen LogP contribution in [0.15, 0.2) is 64.2 Å². The number of hydrazone groups is 1. The van der Waals surface area contributed by atoms with E-state index in [2.05, 4.69) is 10.1 Å². The van der Waals surface area contributed by atoms with E-state index in [1.807, 2.05) is 13.8 Å². The van der Waals surface area contributed by atoms with Crippen molar-refractivity contribution in [3.05, 3.63) is 71.0 Å². The van der Waals surface area contributed by atoms with Crippen molar-refractivity contribution in [2.75, 3.05) is 0 Å². The predicted octanol–water partition coefficient (Wildman–Crippen LogP) is 4.68. The fraction of sp³-hybridized carbons (Fsp3) is 0.182. The third-order valence-electron chi connectivity index (χ3n) is 4.51. The second kappa shape index (κ2) is 8.23. The number of amidine groups is 2. The van der Waals surface area contributed by atoms with Crippen LogP contribution in [0.3, 0.4) is 0 Å². The fourth-order valence-electron chi connectivity index (χ4n) is 2.84. The zero-order valence-electron chi connectivity index (χ0n) is 16.4. The highest BCUT2D eigenvalue weighted by Crippen LogP contribution is 2.30. The average Bonchev–Trinajstić information content (AvgIpc) is 3.16. The number of halogens is 1. The molecule has 30 heavy (non-hydrogen) atoms. The molecule has 2 heterocycles. The largest absolute Gasteiger partial charge is 0.489 e. The van der Waals surface area contributed by atoms with Crippen LogP contribution in [0.25, 0.3) is 6.08 Å². The lowest BCUT2D eigenvalue weighted by Gasteiger charge is -2.20. The summed E-state index contributed by atoms with van der Waals surface area (Å²) in [6.45, 7) is 4.13. The number of aliphatic imine (C=N–C) groups is 1. The molecule has 0 unspecified atom stereocenters. The number of fused-ring (bicyclic) bond motifs is 1. The van der Waals surface area contributed by atoms with E-state index in [-0.39, 0.29) is 29.8 Å². The Morgan fingerprint density at radius 1 is 1.20 bits per heavy atom. The fourth-order valence-corrected chi connectivity index (χ4v) is 3.74. The quantitative estimate of drug-likeness (QED) is 0.710. The van der Waals surface area contributed by atoms with Gasteiger partial charge in [-0.1, -0.05) is 44.2 Å². The minimum atomic E-state index is -0.459. The Balaban J connectivity index is 1.49. The van der Waals surface area contributed by atoms with Gasteiger partial charge >= 0.3 is 0 Å². The van der Waals surface area contributed by atoms with Gasteiger partial charge in [-0.05, 0) is 41.6 Å². The van der Waals surface area contributed by atoms with Crippen molar-refractivity contribution in [2.45, 2.75) is 20.5 Å². The summed E-state index contributed by atoms with van der Waals surface area (Å²) in [6, 6.07) is 13.5. The van der Waals surface area contributed by atoms with E-state index in [9.17, 15) is 9.18 Å². The maximum absolute atomic E-state index is 13.7. The van der Waals surface area contributed by atoms with Crippen molar-refractivity contribution in [3.8, 4) is 5.75 Å². The van der Waals surface area contributed by atoms with Gasteiger partial charge in [-0.25, -0.2) is 4.39 Å². The van der Waals surface area contributed by atoms with Crippen molar-refractivity contribution in [1.29, 1.82) is 5.41 Å². The summed E-state index contributed by atoms with van der Waals surface area (Å²) >= 11 is 1.32. The number of amides is 1. The number of carbonyl (C=O) groups excluding carboxylic acids is 1. The van der Waals surface area contributed by atoms with E-state index in [1.165, 1.54) is 22.8 Å². The lowest BCUT2D eigenvalue weighted by Crippen LogP contribution is -2.35. The van der Waals surface area contributed by atoms with E-state index in [1.54, 1.807) is 48.5 Å². The summed E-state index contributed by atoms with van der Waals surface area (Å²) in [5, 5.41) is 15.4. The van der Waals surface area contributed by atoms with Gasteiger partial charge in [0.1, 0.15) is 23.2 Å². The SMILES string of the molecule is CC(C)C1=NN2C(=N)/C(=C/c3ccc(OCc4ccccc4F)cc3)C(=O)N=C2S1. The van der Waals surface area contributed by atoms with Gasteiger partial charge in [0.2, 0.25) is 5.17 Å². The first kappa shape index (κ1) is 20.0. The summed E-state index contributed by atoms with van der Waals surface area (Å²) in [7, 11) is 0. The lowest BCUT2D eigenvalue weighted by atomic mass is 10.1. The smallest absolute Gasteiger partial charge is 0.283 e. The van der Waals surface area contributed by atoms with Gasteiger partial charge in [-0.15, -0.1) is 0 Å². The maximum Gasteiger partial charge on any atom is 0.283 e. The Morgan fingerprint density at radius 3 is 2.63 bits per heavy atom. The maximum atomic E-state index is 13.7.